The van der Waals surface area contributed by atoms with Gasteiger partial charge in [-0.25, -0.2) is 0 Å². The molecule has 0 aliphatic rings. The molecule has 2 heterocycles. The number of hydrogen-bond acceptors (Lipinski definition) is 3. The van der Waals surface area contributed by atoms with Crippen LogP contribution in [0.4, 0.5) is 0 Å². The van der Waals surface area contributed by atoms with Crippen LogP contribution in [0.2, 0.25) is 5.02 Å². The third-order valence-electron chi connectivity index (χ3n) is 2.20. The summed E-state index contributed by atoms with van der Waals surface area (Å²) in [5, 5.41) is 14.7. The largest absolute Gasteiger partial charge is 0.387 e. The fourth-order valence-electron chi connectivity index (χ4n) is 1.39. The van der Waals surface area contributed by atoms with Crippen molar-refractivity contribution in [2.24, 2.45) is 0 Å². The number of thiophene rings is 2. The Morgan fingerprint density at radius 3 is 2.80 bits per heavy atom. The molecule has 0 amide bonds. The van der Waals surface area contributed by atoms with Gasteiger partial charge in [0, 0.05) is 11.3 Å². The van der Waals surface area contributed by atoms with Crippen molar-refractivity contribution >= 4 is 34.3 Å². The lowest BCUT2D eigenvalue weighted by Crippen LogP contribution is -1.98. The number of aliphatic hydroxyl groups excluding tert-OH is 1. The molecule has 4 heteroatoms. The first-order valence-electron chi connectivity index (χ1n) is 4.62. The van der Waals surface area contributed by atoms with E-state index < -0.39 is 6.10 Å². The highest BCUT2D eigenvalue weighted by atomic mass is 35.5. The Morgan fingerprint density at radius 2 is 2.27 bits per heavy atom. The van der Waals surface area contributed by atoms with Crippen LogP contribution in [0.5, 0.6) is 0 Å². The molecule has 1 N–H and O–H groups in total. The van der Waals surface area contributed by atoms with E-state index in [-0.39, 0.29) is 0 Å². The number of halogens is 1. The van der Waals surface area contributed by atoms with Gasteiger partial charge in [0.2, 0.25) is 0 Å². The van der Waals surface area contributed by atoms with E-state index in [1.165, 1.54) is 16.2 Å². The van der Waals surface area contributed by atoms with Gasteiger partial charge < -0.3 is 5.11 Å². The predicted octanol–water partition coefficient (Wildman–Crippen LogP) is 4.05. The van der Waals surface area contributed by atoms with Crippen LogP contribution in [-0.4, -0.2) is 5.11 Å². The minimum atomic E-state index is -0.477. The highest BCUT2D eigenvalue weighted by Gasteiger charge is 2.16. The van der Waals surface area contributed by atoms with Gasteiger partial charge in [-0.15, -0.1) is 22.7 Å². The van der Waals surface area contributed by atoms with E-state index in [1.54, 1.807) is 11.3 Å². The molecule has 0 aromatic carbocycles. The third kappa shape index (κ3) is 2.42. The molecule has 0 aliphatic carbocycles. The SMILES string of the molecule is Cc1csc(C(O)Cc2cccs2)c1Cl. The Balaban J connectivity index is 2.14. The molecule has 0 bridgehead atoms. The zero-order valence-corrected chi connectivity index (χ0v) is 10.6. The zero-order chi connectivity index (χ0) is 10.8. The predicted molar refractivity (Wildman–Crippen MR) is 67.0 cm³/mol. The second-order valence-corrected chi connectivity index (χ2v) is 5.72. The molecule has 1 atom stereocenters. The molecule has 0 saturated carbocycles. The van der Waals surface area contributed by atoms with Crippen molar-refractivity contribution in [2.45, 2.75) is 19.4 Å². The molecule has 0 spiro atoms. The van der Waals surface area contributed by atoms with Crippen molar-refractivity contribution in [3.05, 3.63) is 43.2 Å². The van der Waals surface area contributed by atoms with Gasteiger partial charge in [-0.3, -0.25) is 0 Å². The fraction of sp³-hybridized carbons (Fsp3) is 0.273. The van der Waals surface area contributed by atoms with Crippen molar-refractivity contribution in [1.29, 1.82) is 0 Å². The van der Waals surface area contributed by atoms with Crippen LogP contribution >= 0.6 is 34.3 Å². The van der Waals surface area contributed by atoms with Gasteiger partial charge in [-0.05, 0) is 29.3 Å². The molecule has 2 aromatic heterocycles. The van der Waals surface area contributed by atoms with Gasteiger partial charge in [0.1, 0.15) is 0 Å². The zero-order valence-electron chi connectivity index (χ0n) is 8.24. The first-order chi connectivity index (χ1) is 7.18. The summed E-state index contributed by atoms with van der Waals surface area (Å²) in [6, 6.07) is 4.02. The third-order valence-corrected chi connectivity index (χ3v) is 4.92. The average Bonchev–Trinajstić information content (AvgIpc) is 2.79. The molecule has 0 aliphatic heterocycles. The normalized spacial score (nSPS) is 13.0. The summed E-state index contributed by atoms with van der Waals surface area (Å²) in [4.78, 5) is 2.06. The monoisotopic (exact) mass is 258 g/mol. The summed E-state index contributed by atoms with van der Waals surface area (Å²) in [5.41, 5.74) is 1.04. The maximum Gasteiger partial charge on any atom is 0.0945 e. The molecule has 0 saturated heterocycles. The van der Waals surface area contributed by atoms with E-state index in [0.717, 1.165) is 10.4 Å². The quantitative estimate of drug-likeness (QED) is 0.881. The Morgan fingerprint density at radius 1 is 1.47 bits per heavy atom. The van der Waals surface area contributed by atoms with Crippen LogP contribution in [-0.2, 0) is 6.42 Å². The Kier molecular flexibility index (Phi) is 3.46. The van der Waals surface area contributed by atoms with Crippen molar-refractivity contribution in [3.63, 3.8) is 0 Å². The maximum atomic E-state index is 10.0. The maximum absolute atomic E-state index is 10.0. The van der Waals surface area contributed by atoms with Crippen molar-refractivity contribution < 1.29 is 5.11 Å². The minimum Gasteiger partial charge on any atom is -0.387 e. The van der Waals surface area contributed by atoms with Gasteiger partial charge >= 0.3 is 0 Å². The van der Waals surface area contributed by atoms with E-state index in [1.807, 2.05) is 29.8 Å². The van der Waals surface area contributed by atoms with Gasteiger partial charge in [0.25, 0.3) is 0 Å². The van der Waals surface area contributed by atoms with E-state index in [2.05, 4.69) is 0 Å². The van der Waals surface area contributed by atoms with Gasteiger partial charge in [-0.1, -0.05) is 17.7 Å². The highest BCUT2D eigenvalue weighted by molar-refractivity contribution is 7.11. The standard InChI is InChI=1S/C11H11ClOS2/c1-7-6-15-11(10(7)12)9(13)5-8-3-2-4-14-8/h2-4,6,9,13H,5H2,1H3. The molecule has 2 aromatic rings. The van der Waals surface area contributed by atoms with Crippen LogP contribution in [0.15, 0.2) is 22.9 Å². The molecule has 0 fully saturated rings. The molecule has 2 rings (SSSR count). The van der Waals surface area contributed by atoms with Crippen LogP contribution in [0, 0.1) is 6.92 Å². The van der Waals surface area contributed by atoms with Crippen LogP contribution in [0.3, 0.4) is 0 Å². The number of aliphatic hydroxyl groups is 1. The van der Waals surface area contributed by atoms with Crippen molar-refractivity contribution in [2.75, 3.05) is 0 Å². The Labute approximate surface area is 102 Å². The second-order valence-electron chi connectivity index (χ2n) is 3.40. The number of hydrogen-bond donors (Lipinski definition) is 1. The molecule has 1 nitrogen and oxygen atoms in total. The summed E-state index contributed by atoms with van der Waals surface area (Å²) in [7, 11) is 0. The summed E-state index contributed by atoms with van der Waals surface area (Å²) >= 11 is 9.29. The lowest BCUT2D eigenvalue weighted by molar-refractivity contribution is 0.183. The Bertz CT molecular complexity index is 433. The van der Waals surface area contributed by atoms with Crippen molar-refractivity contribution in [1.82, 2.24) is 0 Å². The van der Waals surface area contributed by atoms with Gasteiger partial charge in [0.05, 0.1) is 16.0 Å². The summed E-state index contributed by atoms with van der Waals surface area (Å²) in [6.07, 6.45) is 0.173. The van der Waals surface area contributed by atoms with E-state index in [4.69, 9.17) is 11.6 Å². The van der Waals surface area contributed by atoms with Crippen LogP contribution in [0.1, 0.15) is 21.4 Å². The number of rotatable bonds is 3. The second kappa shape index (κ2) is 4.66. The number of aryl methyl sites for hydroxylation is 1. The van der Waals surface area contributed by atoms with Crippen molar-refractivity contribution in [3.8, 4) is 0 Å². The van der Waals surface area contributed by atoms with Crippen LogP contribution < -0.4 is 0 Å². The van der Waals surface area contributed by atoms with Crippen LogP contribution in [0.25, 0.3) is 0 Å². The Hall–Kier alpha value is -0.350. The lowest BCUT2D eigenvalue weighted by atomic mass is 10.2. The smallest absolute Gasteiger partial charge is 0.0945 e. The van der Waals surface area contributed by atoms with E-state index in [0.29, 0.717) is 11.4 Å². The molecular weight excluding hydrogens is 248 g/mol. The lowest BCUT2D eigenvalue weighted by Gasteiger charge is -2.07. The van der Waals surface area contributed by atoms with Gasteiger partial charge in [-0.2, -0.15) is 0 Å². The molecular formula is C11H11ClOS2. The van der Waals surface area contributed by atoms with E-state index in [9.17, 15) is 5.11 Å². The minimum absolute atomic E-state index is 0.477. The molecule has 15 heavy (non-hydrogen) atoms. The summed E-state index contributed by atoms with van der Waals surface area (Å²) < 4.78 is 0. The first-order valence-corrected chi connectivity index (χ1v) is 6.76. The van der Waals surface area contributed by atoms with E-state index >= 15 is 0 Å². The topological polar surface area (TPSA) is 20.2 Å². The van der Waals surface area contributed by atoms with Gasteiger partial charge in [0.15, 0.2) is 0 Å². The molecule has 80 valence electrons. The molecule has 1 unspecified atom stereocenters. The average molecular weight is 259 g/mol. The summed E-state index contributed by atoms with van der Waals surface area (Å²) in [5.74, 6) is 0. The summed E-state index contributed by atoms with van der Waals surface area (Å²) in [6.45, 7) is 1.96. The highest BCUT2D eigenvalue weighted by Crippen LogP contribution is 2.34. The first kappa shape index (κ1) is 11.1. The molecule has 0 radical (unpaired) electrons. The fourth-order valence-corrected chi connectivity index (χ4v) is 3.43.